The number of urea groups is 1. The first-order valence-electron chi connectivity index (χ1n) is 5.69. The highest BCUT2D eigenvalue weighted by atomic mass is 79.9. The van der Waals surface area contributed by atoms with Gasteiger partial charge in [0.15, 0.2) is 0 Å². The molecule has 0 saturated heterocycles. The number of nitrogens with one attached hydrogen (secondary N) is 2. The van der Waals surface area contributed by atoms with Crippen LogP contribution in [-0.2, 0) is 9.59 Å². The number of benzene rings is 1. The Morgan fingerprint density at radius 3 is 2.48 bits per heavy atom. The van der Waals surface area contributed by atoms with Crippen LogP contribution in [0.1, 0.15) is 6.42 Å². The van der Waals surface area contributed by atoms with Crippen molar-refractivity contribution in [2.75, 3.05) is 12.4 Å². The normalized spacial score (nSPS) is 11.3. The zero-order valence-corrected chi connectivity index (χ0v) is 12.5. The lowest BCUT2D eigenvalue weighted by molar-refractivity contribution is -0.145. The fraction of sp³-hybridized carbons (Fsp3) is 0.250. The van der Waals surface area contributed by atoms with Gasteiger partial charge in [-0.15, -0.1) is 0 Å². The van der Waals surface area contributed by atoms with Crippen LogP contribution in [0.15, 0.2) is 22.7 Å². The van der Waals surface area contributed by atoms with Gasteiger partial charge in [0.2, 0.25) is 0 Å². The predicted octanol–water partition coefficient (Wildman–Crippen LogP) is 1.51. The molecule has 0 heterocycles. The Morgan fingerprint density at radius 1 is 1.33 bits per heavy atom. The van der Waals surface area contributed by atoms with Gasteiger partial charge in [0.25, 0.3) is 0 Å². The number of carbonyl (C=O) groups excluding carboxylic acids is 1. The van der Waals surface area contributed by atoms with Crippen LogP contribution in [0.3, 0.4) is 0 Å². The van der Waals surface area contributed by atoms with Gasteiger partial charge in [-0.1, -0.05) is 0 Å². The summed E-state index contributed by atoms with van der Waals surface area (Å²) in [5.74, 6) is -2.19. The minimum Gasteiger partial charge on any atom is -0.496 e. The van der Waals surface area contributed by atoms with Crippen LogP contribution < -0.4 is 15.4 Å². The third kappa shape index (κ3) is 5.30. The first kappa shape index (κ1) is 16.8. The second-order valence-electron chi connectivity index (χ2n) is 3.94. The quantitative estimate of drug-likeness (QED) is 0.609. The monoisotopic (exact) mass is 360 g/mol. The van der Waals surface area contributed by atoms with Crippen LogP contribution in [0.25, 0.3) is 0 Å². The van der Waals surface area contributed by atoms with Crippen LogP contribution in [0.2, 0.25) is 0 Å². The second-order valence-corrected chi connectivity index (χ2v) is 4.79. The number of anilines is 1. The van der Waals surface area contributed by atoms with Crippen molar-refractivity contribution in [1.29, 1.82) is 0 Å². The number of ether oxygens (including phenoxy) is 1. The number of hydrogen-bond donors (Lipinski definition) is 4. The summed E-state index contributed by atoms with van der Waals surface area (Å²) < 4.78 is 5.63. The first-order chi connectivity index (χ1) is 9.83. The van der Waals surface area contributed by atoms with Crippen LogP contribution in [0.4, 0.5) is 10.5 Å². The van der Waals surface area contributed by atoms with E-state index in [1.165, 1.54) is 7.11 Å². The molecule has 114 valence electrons. The molecule has 9 heteroatoms. The van der Waals surface area contributed by atoms with Gasteiger partial charge in [0.05, 0.1) is 18.0 Å². The summed E-state index contributed by atoms with van der Waals surface area (Å²) in [5, 5.41) is 21.9. The van der Waals surface area contributed by atoms with Gasteiger partial charge in [0.1, 0.15) is 11.8 Å². The van der Waals surface area contributed by atoms with Gasteiger partial charge in [0, 0.05) is 5.69 Å². The Bertz CT molecular complexity index is 563. The summed E-state index contributed by atoms with van der Waals surface area (Å²) in [6.07, 6.45) is -0.713. The van der Waals surface area contributed by atoms with E-state index in [0.717, 1.165) is 0 Å². The van der Waals surface area contributed by atoms with E-state index in [4.69, 9.17) is 14.9 Å². The molecular weight excluding hydrogens is 348 g/mol. The fourth-order valence-corrected chi connectivity index (χ4v) is 1.98. The highest BCUT2D eigenvalue weighted by Crippen LogP contribution is 2.27. The van der Waals surface area contributed by atoms with Crippen LogP contribution in [0, 0.1) is 0 Å². The molecule has 0 fully saturated rings. The molecule has 1 aromatic rings. The molecule has 4 N–H and O–H groups in total. The number of aliphatic carboxylic acids is 2. The maximum Gasteiger partial charge on any atom is 0.326 e. The number of halogens is 1. The predicted molar refractivity (Wildman–Crippen MR) is 76.5 cm³/mol. The van der Waals surface area contributed by atoms with Crippen molar-refractivity contribution in [3.05, 3.63) is 22.7 Å². The maximum absolute atomic E-state index is 11.6. The largest absolute Gasteiger partial charge is 0.496 e. The molecule has 2 amide bonds. The van der Waals surface area contributed by atoms with Gasteiger partial charge in [-0.3, -0.25) is 4.79 Å². The minimum absolute atomic E-state index is 0.389. The molecule has 0 aliphatic rings. The Labute approximate surface area is 128 Å². The summed E-state index contributed by atoms with van der Waals surface area (Å²) in [5.41, 5.74) is 0.389. The molecule has 0 radical (unpaired) electrons. The lowest BCUT2D eigenvalue weighted by atomic mass is 10.2. The van der Waals surface area contributed by atoms with Crippen LogP contribution >= 0.6 is 15.9 Å². The van der Waals surface area contributed by atoms with Crippen molar-refractivity contribution in [3.63, 3.8) is 0 Å². The lowest BCUT2D eigenvalue weighted by Crippen LogP contribution is -2.44. The fourth-order valence-electron chi connectivity index (χ4n) is 1.44. The lowest BCUT2D eigenvalue weighted by Gasteiger charge is -2.13. The van der Waals surface area contributed by atoms with Gasteiger partial charge in [-0.2, -0.15) is 0 Å². The molecule has 1 rings (SSSR count). The number of carbonyl (C=O) groups is 3. The Hall–Kier alpha value is -2.29. The highest BCUT2D eigenvalue weighted by Gasteiger charge is 2.23. The van der Waals surface area contributed by atoms with E-state index in [2.05, 4.69) is 26.6 Å². The van der Waals surface area contributed by atoms with E-state index < -0.39 is 30.4 Å². The van der Waals surface area contributed by atoms with Gasteiger partial charge < -0.3 is 25.6 Å². The molecule has 1 atom stereocenters. The van der Waals surface area contributed by atoms with Crippen molar-refractivity contribution in [3.8, 4) is 5.75 Å². The number of carboxylic acid groups (broad SMARTS) is 2. The second kappa shape index (κ2) is 7.48. The summed E-state index contributed by atoms with van der Waals surface area (Å²) in [4.78, 5) is 33.0. The summed E-state index contributed by atoms with van der Waals surface area (Å²) in [6.45, 7) is 0. The average molecular weight is 361 g/mol. The first-order valence-corrected chi connectivity index (χ1v) is 6.48. The zero-order valence-electron chi connectivity index (χ0n) is 10.9. The van der Waals surface area contributed by atoms with Gasteiger partial charge in [-0.25, -0.2) is 9.59 Å². The third-order valence-corrected chi connectivity index (χ3v) is 3.01. The molecule has 0 unspecified atom stereocenters. The molecule has 0 bridgehead atoms. The summed E-state index contributed by atoms with van der Waals surface area (Å²) in [6, 6.07) is 2.39. The SMILES string of the molecule is COc1ccc(NC(=O)N[C@@H](CC(=O)O)C(=O)O)cc1Br. The van der Waals surface area contributed by atoms with E-state index in [-0.39, 0.29) is 0 Å². The third-order valence-electron chi connectivity index (χ3n) is 2.39. The average Bonchev–Trinajstić information content (AvgIpc) is 2.37. The summed E-state index contributed by atoms with van der Waals surface area (Å²) in [7, 11) is 1.49. The number of rotatable bonds is 6. The maximum atomic E-state index is 11.6. The molecule has 0 aromatic heterocycles. The van der Waals surface area contributed by atoms with Crippen molar-refractivity contribution < 1.29 is 29.3 Å². The number of methoxy groups -OCH3 is 1. The minimum atomic E-state index is -1.51. The summed E-state index contributed by atoms with van der Waals surface area (Å²) >= 11 is 3.24. The molecule has 0 aliphatic heterocycles. The van der Waals surface area contributed by atoms with E-state index in [9.17, 15) is 14.4 Å². The molecule has 21 heavy (non-hydrogen) atoms. The van der Waals surface area contributed by atoms with Crippen molar-refractivity contribution >= 4 is 39.6 Å². The van der Waals surface area contributed by atoms with Crippen LogP contribution in [-0.4, -0.2) is 41.3 Å². The number of carboxylic acids is 2. The van der Waals surface area contributed by atoms with E-state index in [1.807, 2.05) is 0 Å². The topological polar surface area (TPSA) is 125 Å². The highest BCUT2D eigenvalue weighted by molar-refractivity contribution is 9.10. The molecule has 0 saturated carbocycles. The van der Waals surface area contributed by atoms with Crippen molar-refractivity contribution in [2.45, 2.75) is 12.5 Å². The molecule has 0 aliphatic carbocycles. The van der Waals surface area contributed by atoms with E-state index in [0.29, 0.717) is 15.9 Å². The van der Waals surface area contributed by atoms with Crippen LogP contribution in [0.5, 0.6) is 5.75 Å². The number of hydrogen-bond acceptors (Lipinski definition) is 4. The Morgan fingerprint density at radius 2 is 2.00 bits per heavy atom. The van der Waals surface area contributed by atoms with E-state index in [1.54, 1.807) is 18.2 Å². The molecular formula is C12H13BrN2O6. The smallest absolute Gasteiger partial charge is 0.326 e. The van der Waals surface area contributed by atoms with E-state index >= 15 is 0 Å². The number of amides is 2. The molecule has 0 spiro atoms. The Balaban J connectivity index is 2.69. The standard InChI is InChI=1S/C12H13BrN2O6/c1-21-9-3-2-6(4-7(9)13)14-12(20)15-8(11(18)19)5-10(16)17/h2-4,8H,5H2,1H3,(H,16,17)(H,18,19)(H2,14,15,20)/t8-/m0/s1. The van der Waals surface area contributed by atoms with Gasteiger partial charge >= 0.3 is 18.0 Å². The van der Waals surface area contributed by atoms with Crippen molar-refractivity contribution in [2.24, 2.45) is 0 Å². The molecule has 1 aromatic carbocycles. The zero-order chi connectivity index (χ0) is 16.0. The van der Waals surface area contributed by atoms with Gasteiger partial charge in [-0.05, 0) is 34.1 Å². The molecule has 8 nitrogen and oxygen atoms in total. The van der Waals surface area contributed by atoms with Crippen molar-refractivity contribution in [1.82, 2.24) is 5.32 Å². The Kier molecular flexibility index (Phi) is 5.97.